The number of ketones is 2. The molecule has 0 atom stereocenters. The molecule has 4 N–H and O–H groups in total. The molecular formula is C32H22Cl2N2O8. The number of nitrogens with one attached hydrogen (secondary N) is 2. The van der Waals surface area contributed by atoms with Gasteiger partial charge in [-0.2, -0.15) is 0 Å². The molecule has 0 unspecified atom stereocenters. The van der Waals surface area contributed by atoms with E-state index in [4.69, 9.17) is 23.2 Å². The van der Waals surface area contributed by atoms with Gasteiger partial charge in [0, 0.05) is 16.8 Å². The summed E-state index contributed by atoms with van der Waals surface area (Å²) in [7, 11) is 0. The van der Waals surface area contributed by atoms with Crippen molar-refractivity contribution in [1.82, 2.24) is 0 Å². The molecule has 2 amide bonds. The molecule has 0 aliphatic heterocycles. The molecular weight excluding hydrogens is 611 g/mol. The molecule has 0 aromatic heterocycles. The van der Waals surface area contributed by atoms with E-state index in [2.05, 4.69) is 10.6 Å². The summed E-state index contributed by atoms with van der Waals surface area (Å²) >= 11 is 12.1. The number of carboxylic acid groups (broad SMARTS) is 2. The standard InChI is InChI=1S/C32H22Cl2N2O8/c1-15(37)23-11-17(3-7-21(23)30(40)36-28-13-19(31(41)42)5-9-27(28)34)18-4-8-22(25(12-18)32(43)44)29(39)35-20-6-10-26(33)24(14-20)16(2)38/h3-14H,1-2H3,(H,35,39)(H,36,40)(H,41,42)(H,43,44). The lowest BCUT2D eigenvalue weighted by Crippen LogP contribution is -2.17. The van der Waals surface area contributed by atoms with Crippen LogP contribution in [0.1, 0.15) is 76.0 Å². The van der Waals surface area contributed by atoms with E-state index in [1.54, 1.807) is 0 Å². The van der Waals surface area contributed by atoms with E-state index in [1.165, 1.54) is 86.6 Å². The zero-order valence-electron chi connectivity index (χ0n) is 23.0. The molecule has 0 spiro atoms. The van der Waals surface area contributed by atoms with E-state index in [9.17, 15) is 39.0 Å². The van der Waals surface area contributed by atoms with E-state index in [-0.39, 0.29) is 60.6 Å². The number of Topliss-reactive ketones (excluding diaryl/α,β-unsaturated/α-hetero) is 2. The Morgan fingerprint density at radius 3 is 1.66 bits per heavy atom. The smallest absolute Gasteiger partial charge is 0.336 e. The van der Waals surface area contributed by atoms with Gasteiger partial charge in [-0.15, -0.1) is 0 Å². The molecule has 44 heavy (non-hydrogen) atoms. The summed E-state index contributed by atoms with van der Waals surface area (Å²) in [6.07, 6.45) is 0. The maximum atomic E-state index is 13.1. The van der Waals surface area contributed by atoms with Gasteiger partial charge in [-0.1, -0.05) is 35.3 Å². The van der Waals surface area contributed by atoms with Crippen LogP contribution in [0.2, 0.25) is 10.0 Å². The second-order valence-corrected chi connectivity index (χ2v) is 10.4. The number of carbonyl (C=O) groups is 6. The maximum Gasteiger partial charge on any atom is 0.336 e. The van der Waals surface area contributed by atoms with Gasteiger partial charge in [-0.3, -0.25) is 19.2 Å². The SMILES string of the molecule is CC(=O)c1cc(NC(=O)c2ccc(-c3ccc(C(=O)Nc4cc(C(=O)O)ccc4Cl)c(C(C)=O)c3)cc2C(=O)O)ccc1Cl. The molecule has 4 aromatic carbocycles. The number of hydrogen-bond acceptors (Lipinski definition) is 6. The van der Waals surface area contributed by atoms with Crippen LogP contribution in [0.4, 0.5) is 11.4 Å². The van der Waals surface area contributed by atoms with Crippen molar-refractivity contribution >= 4 is 69.9 Å². The lowest BCUT2D eigenvalue weighted by Gasteiger charge is -2.14. The van der Waals surface area contributed by atoms with Gasteiger partial charge in [-0.25, -0.2) is 9.59 Å². The molecule has 222 valence electrons. The van der Waals surface area contributed by atoms with Crippen molar-refractivity contribution in [3.63, 3.8) is 0 Å². The Bertz CT molecular complexity index is 1900. The molecule has 0 radical (unpaired) electrons. The van der Waals surface area contributed by atoms with Crippen LogP contribution in [0, 0.1) is 0 Å². The number of carbonyl (C=O) groups excluding carboxylic acids is 4. The van der Waals surface area contributed by atoms with Crippen LogP contribution in [0.3, 0.4) is 0 Å². The monoisotopic (exact) mass is 632 g/mol. The highest BCUT2D eigenvalue weighted by Crippen LogP contribution is 2.29. The first-order valence-electron chi connectivity index (χ1n) is 12.8. The molecule has 12 heteroatoms. The number of benzene rings is 4. The summed E-state index contributed by atoms with van der Waals surface area (Å²) in [6, 6.07) is 16.4. The highest BCUT2D eigenvalue weighted by atomic mass is 35.5. The van der Waals surface area contributed by atoms with Gasteiger partial charge in [0.05, 0.1) is 38.0 Å². The molecule has 0 saturated carbocycles. The first-order chi connectivity index (χ1) is 20.8. The maximum absolute atomic E-state index is 13.1. The highest BCUT2D eigenvalue weighted by molar-refractivity contribution is 6.34. The molecule has 0 fully saturated rings. The van der Waals surface area contributed by atoms with Crippen LogP contribution in [0.15, 0.2) is 72.8 Å². The number of hydrogen-bond donors (Lipinski definition) is 4. The van der Waals surface area contributed by atoms with Crippen molar-refractivity contribution in [3.05, 3.63) is 116 Å². The Hall–Kier alpha value is -5.32. The number of carboxylic acids is 2. The molecule has 0 saturated heterocycles. The molecule has 0 aliphatic carbocycles. The van der Waals surface area contributed by atoms with Gasteiger partial charge < -0.3 is 20.8 Å². The average Bonchev–Trinajstić information content (AvgIpc) is 2.98. The zero-order valence-corrected chi connectivity index (χ0v) is 24.5. The largest absolute Gasteiger partial charge is 0.478 e. The number of amides is 2. The summed E-state index contributed by atoms with van der Waals surface area (Å²) in [4.78, 5) is 73.9. The van der Waals surface area contributed by atoms with Crippen molar-refractivity contribution in [1.29, 1.82) is 0 Å². The van der Waals surface area contributed by atoms with Gasteiger partial charge in [-0.05, 0) is 85.6 Å². The molecule has 0 bridgehead atoms. The Morgan fingerprint density at radius 1 is 0.545 bits per heavy atom. The predicted octanol–water partition coefficient (Wildman–Crippen LogP) is 6.97. The van der Waals surface area contributed by atoms with E-state index in [0.717, 1.165) is 0 Å². The van der Waals surface area contributed by atoms with E-state index in [0.29, 0.717) is 11.1 Å². The lowest BCUT2D eigenvalue weighted by atomic mass is 9.94. The lowest BCUT2D eigenvalue weighted by molar-refractivity contribution is 0.0684. The van der Waals surface area contributed by atoms with Crippen LogP contribution < -0.4 is 10.6 Å². The Kier molecular flexibility index (Phi) is 9.27. The summed E-state index contributed by atoms with van der Waals surface area (Å²) in [5.74, 6) is -4.86. The molecule has 4 rings (SSSR count). The Morgan fingerprint density at radius 2 is 1.09 bits per heavy atom. The number of anilines is 2. The third kappa shape index (κ3) is 6.83. The minimum atomic E-state index is -1.39. The summed E-state index contributed by atoms with van der Waals surface area (Å²) in [5, 5.41) is 24.5. The van der Waals surface area contributed by atoms with Crippen LogP contribution in [-0.2, 0) is 0 Å². The normalized spacial score (nSPS) is 10.5. The average molecular weight is 633 g/mol. The quantitative estimate of drug-likeness (QED) is 0.143. The Labute approximate surface area is 260 Å². The Balaban J connectivity index is 1.66. The predicted molar refractivity (Wildman–Crippen MR) is 165 cm³/mol. The third-order valence-corrected chi connectivity index (χ3v) is 7.20. The van der Waals surface area contributed by atoms with Crippen LogP contribution in [0.25, 0.3) is 11.1 Å². The van der Waals surface area contributed by atoms with Crippen molar-refractivity contribution in [3.8, 4) is 11.1 Å². The fourth-order valence-electron chi connectivity index (χ4n) is 4.33. The first-order valence-corrected chi connectivity index (χ1v) is 13.5. The number of aromatic carboxylic acids is 2. The van der Waals surface area contributed by atoms with Crippen molar-refractivity contribution < 1.29 is 39.0 Å². The summed E-state index contributed by atoms with van der Waals surface area (Å²) in [6.45, 7) is 2.57. The first kappa shape index (κ1) is 31.6. The van der Waals surface area contributed by atoms with Gasteiger partial charge in [0.1, 0.15) is 0 Å². The van der Waals surface area contributed by atoms with Gasteiger partial charge >= 0.3 is 11.9 Å². The summed E-state index contributed by atoms with van der Waals surface area (Å²) in [5.41, 5.74) is 0.567. The second kappa shape index (κ2) is 12.9. The van der Waals surface area contributed by atoms with Crippen LogP contribution in [0.5, 0.6) is 0 Å². The minimum absolute atomic E-state index is 0.00761. The van der Waals surface area contributed by atoms with Crippen molar-refractivity contribution in [2.24, 2.45) is 0 Å². The van der Waals surface area contributed by atoms with Crippen molar-refractivity contribution in [2.75, 3.05) is 10.6 Å². The van der Waals surface area contributed by atoms with Crippen LogP contribution in [-0.4, -0.2) is 45.5 Å². The second-order valence-electron chi connectivity index (χ2n) is 9.54. The van der Waals surface area contributed by atoms with Gasteiger partial charge in [0.15, 0.2) is 11.6 Å². The van der Waals surface area contributed by atoms with Gasteiger partial charge in [0.2, 0.25) is 0 Å². The fraction of sp³-hybridized carbons (Fsp3) is 0.0625. The summed E-state index contributed by atoms with van der Waals surface area (Å²) < 4.78 is 0. The van der Waals surface area contributed by atoms with E-state index < -0.39 is 29.5 Å². The van der Waals surface area contributed by atoms with Crippen molar-refractivity contribution in [2.45, 2.75) is 13.8 Å². The molecule has 0 heterocycles. The fourth-order valence-corrected chi connectivity index (χ4v) is 4.74. The van der Waals surface area contributed by atoms with Crippen LogP contribution >= 0.6 is 23.2 Å². The molecule has 4 aromatic rings. The number of rotatable bonds is 9. The highest BCUT2D eigenvalue weighted by Gasteiger charge is 2.21. The van der Waals surface area contributed by atoms with E-state index >= 15 is 0 Å². The minimum Gasteiger partial charge on any atom is -0.478 e. The zero-order chi connectivity index (χ0) is 32.3. The number of halogens is 2. The van der Waals surface area contributed by atoms with Gasteiger partial charge in [0.25, 0.3) is 11.8 Å². The molecule has 0 aliphatic rings. The molecule has 10 nitrogen and oxygen atoms in total. The third-order valence-electron chi connectivity index (χ3n) is 6.54. The van der Waals surface area contributed by atoms with E-state index in [1.807, 2.05) is 0 Å². The topological polar surface area (TPSA) is 167 Å².